The molecule has 3 aromatic heterocycles. The van der Waals surface area contributed by atoms with Crippen molar-refractivity contribution in [1.29, 1.82) is 0 Å². The lowest BCUT2D eigenvalue weighted by Crippen LogP contribution is -2.02. The zero-order chi connectivity index (χ0) is 19.7. The van der Waals surface area contributed by atoms with Gasteiger partial charge in [-0.15, -0.1) is 16.8 Å². The quantitative estimate of drug-likeness (QED) is 0.322. The first-order valence-corrected chi connectivity index (χ1v) is 9.93. The Hall–Kier alpha value is -2.72. The fourth-order valence-corrected chi connectivity index (χ4v) is 4.52. The van der Waals surface area contributed by atoms with Gasteiger partial charge < -0.3 is 4.74 Å². The SMILES string of the molecule is C=CCn1c(Sc2ncnc3c2c(Br)nn3C)nnc1-c1ccccc1OC. The van der Waals surface area contributed by atoms with Crippen molar-refractivity contribution in [3.63, 3.8) is 0 Å². The van der Waals surface area contributed by atoms with Gasteiger partial charge in [0, 0.05) is 13.6 Å². The van der Waals surface area contributed by atoms with E-state index in [9.17, 15) is 0 Å². The third-order valence-corrected chi connectivity index (χ3v) is 5.65. The number of para-hydroxylation sites is 1. The number of hydrogen-bond donors (Lipinski definition) is 0. The number of aryl methyl sites for hydroxylation is 1. The van der Waals surface area contributed by atoms with Crippen LogP contribution >= 0.6 is 27.7 Å². The molecular weight excluding hydrogens is 442 g/mol. The molecule has 0 aliphatic rings. The Morgan fingerprint density at radius 1 is 1.25 bits per heavy atom. The zero-order valence-corrected chi connectivity index (χ0v) is 17.6. The Labute approximate surface area is 173 Å². The lowest BCUT2D eigenvalue weighted by molar-refractivity contribution is 0.416. The van der Waals surface area contributed by atoms with E-state index >= 15 is 0 Å². The Morgan fingerprint density at radius 3 is 2.86 bits per heavy atom. The highest BCUT2D eigenvalue weighted by Crippen LogP contribution is 2.36. The summed E-state index contributed by atoms with van der Waals surface area (Å²) in [6.45, 7) is 4.41. The Kier molecular flexibility index (Phi) is 5.14. The summed E-state index contributed by atoms with van der Waals surface area (Å²) in [4.78, 5) is 8.74. The van der Waals surface area contributed by atoms with Crippen LogP contribution in [0.1, 0.15) is 0 Å². The highest BCUT2D eigenvalue weighted by atomic mass is 79.9. The van der Waals surface area contributed by atoms with Gasteiger partial charge in [0.1, 0.15) is 21.7 Å². The summed E-state index contributed by atoms with van der Waals surface area (Å²) in [5, 5.41) is 15.4. The van der Waals surface area contributed by atoms with Crippen molar-refractivity contribution in [2.75, 3.05) is 7.11 Å². The van der Waals surface area contributed by atoms with Crippen molar-refractivity contribution in [3.8, 4) is 17.1 Å². The summed E-state index contributed by atoms with van der Waals surface area (Å²) in [6.07, 6.45) is 3.33. The van der Waals surface area contributed by atoms with Crippen molar-refractivity contribution in [1.82, 2.24) is 34.5 Å². The minimum atomic E-state index is 0.547. The number of rotatable bonds is 6. The van der Waals surface area contributed by atoms with Gasteiger partial charge in [0.2, 0.25) is 0 Å². The minimum Gasteiger partial charge on any atom is -0.496 e. The van der Waals surface area contributed by atoms with Gasteiger partial charge in [0.25, 0.3) is 0 Å². The molecule has 0 atom stereocenters. The fourth-order valence-electron chi connectivity index (χ4n) is 2.87. The molecule has 10 heteroatoms. The van der Waals surface area contributed by atoms with Crippen molar-refractivity contribution in [2.45, 2.75) is 16.7 Å². The number of hydrogen-bond acceptors (Lipinski definition) is 7. The van der Waals surface area contributed by atoms with Crippen molar-refractivity contribution in [3.05, 3.63) is 47.9 Å². The summed E-state index contributed by atoms with van der Waals surface area (Å²) < 4.78 is 9.86. The van der Waals surface area contributed by atoms with Crippen LogP contribution in [0.25, 0.3) is 22.4 Å². The van der Waals surface area contributed by atoms with E-state index in [0.29, 0.717) is 22.1 Å². The lowest BCUT2D eigenvalue weighted by atomic mass is 10.2. The maximum Gasteiger partial charge on any atom is 0.198 e. The number of benzene rings is 1. The second kappa shape index (κ2) is 7.72. The van der Waals surface area contributed by atoms with Gasteiger partial charge in [-0.2, -0.15) is 5.10 Å². The average Bonchev–Trinajstić information content (AvgIpc) is 3.23. The van der Waals surface area contributed by atoms with E-state index in [1.807, 2.05) is 42.0 Å². The minimum absolute atomic E-state index is 0.547. The Morgan fingerprint density at radius 2 is 2.07 bits per heavy atom. The van der Waals surface area contributed by atoms with Crippen LogP contribution in [0.2, 0.25) is 0 Å². The molecule has 0 N–H and O–H groups in total. The third kappa shape index (κ3) is 3.18. The number of ether oxygens (including phenoxy) is 1. The van der Waals surface area contributed by atoms with E-state index in [1.165, 1.54) is 18.1 Å². The summed E-state index contributed by atoms with van der Waals surface area (Å²) >= 11 is 4.90. The maximum absolute atomic E-state index is 5.48. The van der Waals surface area contributed by atoms with Crippen LogP contribution in [0.15, 0.2) is 58.0 Å². The first-order valence-electron chi connectivity index (χ1n) is 8.32. The van der Waals surface area contributed by atoms with Crippen LogP contribution in [0.4, 0.5) is 0 Å². The normalized spacial score (nSPS) is 11.1. The van der Waals surface area contributed by atoms with E-state index in [-0.39, 0.29) is 0 Å². The standard InChI is InChI=1S/C18H16BrN7OS/c1-4-9-26-15(11-7-5-6-8-12(11)27-3)22-23-18(26)28-17-13-14(19)24-25(2)16(13)20-10-21-17/h4-8,10H,1,9H2,2-3H3. The summed E-state index contributed by atoms with van der Waals surface area (Å²) in [5.41, 5.74) is 1.60. The van der Waals surface area contributed by atoms with Crippen LogP contribution in [0, 0.1) is 0 Å². The highest BCUT2D eigenvalue weighted by Gasteiger charge is 2.20. The molecule has 8 nitrogen and oxygen atoms in total. The molecule has 0 bridgehead atoms. The van der Waals surface area contributed by atoms with Gasteiger partial charge in [-0.3, -0.25) is 4.57 Å². The number of nitrogens with zero attached hydrogens (tertiary/aromatic N) is 7. The molecule has 0 spiro atoms. The van der Waals surface area contributed by atoms with E-state index < -0.39 is 0 Å². The maximum atomic E-state index is 5.48. The molecule has 4 rings (SSSR count). The molecule has 1 aromatic carbocycles. The van der Waals surface area contributed by atoms with Crippen LogP contribution in [0.5, 0.6) is 5.75 Å². The zero-order valence-electron chi connectivity index (χ0n) is 15.2. The largest absolute Gasteiger partial charge is 0.496 e. The fraction of sp³-hybridized carbons (Fsp3) is 0.167. The summed E-state index contributed by atoms with van der Waals surface area (Å²) in [7, 11) is 3.48. The average molecular weight is 458 g/mol. The second-order valence-electron chi connectivity index (χ2n) is 5.80. The van der Waals surface area contributed by atoms with Gasteiger partial charge in [-0.1, -0.05) is 18.2 Å². The molecule has 0 amide bonds. The summed E-state index contributed by atoms with van der Waals surface area (Å²) in [5.74, 6) is 1.44. The molecule has 0 fully saturated rings. The predicted molar refractivity (Wildman–Crippen MR) is 110 cm³/mol. The van der Waals surface area contributed by atoms with Crippen LogP contribution < -0.4 is 4.74 Å². The van der Waals surface area contributed by atoms with E-state index in [0.717, 1.165) is 27.4 Å². The van der Waals surface area contributed by atoms with Crippen LogP contribution in [-0.4, -0.2) is 41.6 Å². The molecule has 3 heterocycles. The molecule has 0 aliphatic heterocycles. The van der Waals surface area contributed by atoms with Crippen LogP contribution in [0.3, 0.4) is 0 Å². The number of halogens is 1. The number of fused-ring (bicyclic) bond motifs is 1. The Balaban J connectivity index is 1.82. The highest BCUT2D eigenvalue weighted by molar-refractivity contribution is 9.10. The van der Waals surface area contributed by atoms with Crippen molar-refractivity contribution in [2.24, 2.45) is 7.05 Å². The molecule has 0 saturated heterocycles. The molecule has 0 saturated carbocycles. The topological polar surface area (TPSA) is 83.5 Å². The number of allylic oxidation sites excluding steroid dienone is 1. The number of methoxy groups -OCH3 is 1. The van der Waals surface area contributed by atoms with Gasteiger partial charge >= 0.3 is 0 Å². The lowest BCUT2D eigenvalue weighted by Gasteiger charge is -2.10. The van der Waals surface area contributed by atoms with E-state index in [2.05, 4.69) is 47.8 Å². The van der Waals surface area contributed by atoms with Gasteiger partial charge in [0.05, 0.1) is 18.1 Å². The van der Waals surface area contributed by atoms with Gasteiger partial charge in [-0.25, -0.2) is 14.6 Å². The summed E-state index contributed by atoms with van der Waals surface area (Å²) in [6, 6.07) is 7.72. The molecule has 0 radical (unpaired) electrons. The van der Waals surface area contributed by atoms with Crippen molar-refractivity contribution >= 4 is 38.7 Å². The van der Waals surface area contributed by atoms with E-state index in [4.69, 9.17) is 4.74 Å². The Bertz CT molecular complexity index is 1170. The predicted octanol–water partition coefficient (Wildman–Crippen LogP) is 3.73. The second-order valence-corrected chi connectivity index (χ2v) is 7.51. The molecule has 0 aliphatic carbocycles. The molecule has 28 heavy (non-hydrogen) atoms. The van der Waals surface area contributed by atoms with E-state index in [1.54, 1.807) is 11.8 Å². The monoisotopic (exact) mass is 457 g/mol. The first kappa shape index (κ1) is 18.6. The third-order valence-electron chi connectivity index (χ3n) is 4.11. The number of aromatic nitrogens is 7. The van der Waals surface area contributed by atoms with Crippen molar-refractivity contribution < 1.29 is 4.74 Å². The molecule has 0 unspecified atom stereocenters. The van der Waals surface area contributed by atoms with Crippen LogP contribution in [-0.2, 0) is 13.6 Å². The first-order chi connectivity index (χ1) is 13.6. The molecule has 4 aromatic rings. The van der Waals surface area contributed by atoms with Gasteiger partial charge in [-0.05, 0) is 39.8 Å². The molecule has 142 valence electrons. The van der Waals surface area contributed by atoms with Gasteiger partial charge in [0.15, 0.2) is 16.6 Å². The molecular formula is C18H16BrN7OS. The smallest absolute Gasteiger partial charge is 0.198 e.